The molecule has 3 unspecified atom stereocenters. The third-order valence-electron chi connectivity index (χ3n) is 5.58. The molecule has 1 aliphatic carbocycles. The average Bonchev–Trinajstić information content (AvgIpc) is 3.19. The first-order valence-electron chi connectivity index (χ1n) is 9.21. The Labute approximate surface area is 160 Å². The first-order chi connectivity index (χ1) is 12.1. The van der Waals surface area contributed by atoms with Gasteiger partial charge in [-0.05, 0) is 57.2 Å². The van der Waals surface area contributed by atoms with Crippen LogP contribution in [-0.4, -0.2) is 23.0 Å². The Morgan fingerprint density at radius 1 is 1.27 bits per heavy atom. The topological polar surface area (TPSA) is 67.2 Å². The molecule has 1 aromatic carbocycles. The molecule has 1 saturated carbocycles. The van der Waals surface area contributed by atoms with Crippen molar-refractivity contribution in [1.82, 2.24) is 10.3 Å². The molecule has 2 heterocycles. The highest BCUT2D eigenvalue weighted by atomic mass is 35.5. The van der Waals surface area contributed by atoms with E-state index in [9.17, 15) is 4.79 Å². The number of carbonyl (C=O) groups is 1. The Kier molecular flexibility index (Phi) is 5.68. The maximum Gasteiger partial charge on any atom is 0.241 e. The molecule has 1 saturated heterocycles. The van der Waals surface area contributed by atoms with Gasteiger partial charge in [-0.3, -0.25) is 4.79 Å². The van der Waals surface area contributed by atoms with Gasteiger partial charge in [0.2, 0.25) is 11.8 Å². The molecule has 5 nitrogen and oxygen atoms in total. The number of rotatable bonds is 3. The number of carbonyl (C=O) groups excluding carboxylic acids is 1. The summed E-state index contributed by atoms with van der Waals surface area (Å²) in [6.07, 6.45) is 5.98. The van der Waals surface area contributed by atoms with Crippen LogP contribution < -0.4 is 10.6 Å². The number of nitrogens with zero attached hydrogens (tertiary/aromatic N) is 1. The average molecular weight is 376 g/mol. The van der Waals surface area contributed by atoms with E-state index in [-0.39, 0.29) is 24.4 Å². The minimum absolute atomic E-state index is 0. The standard InChI is InChI=1S/C20H25N3O2.ClH/c1-12-13(2)25-20(21-12)15-7-5-8-16(10-15)22-19(24)18-11-14-6-3-4-9-17(14)23-18;/h5,7-8,10,14,17-18,23H,3-4,6,9,11H2,1-2H3,(H,22,24);1H. The summed E-state index contributed by atoms with van der Waals surface area (Å²) in [6, 6.07) is 8.14. The number of oxazole rings is 1. The van der Waals surface area contributed by atoms with Gasteiger partial charge in [-0.25, -0.2) is 4.98 Å². The van der Waals surface area contributed by atoms with E-state index in [1.807, 2.05) is 38.1 Å². The molecule has 2 fully saturated rings. The Hall–Kier alpha value is -1.85. The molecule has 140 valence electrons. The molecule has 26 heavy (non-hydrogen) atoms. The van der Waals surface area contributed by atoms with Crippen LogP contribution in [0.3, 0.4) is 0 Å². The van der Waals surface area contributed by atoms with Gasteiger partial charge in [-0.1, -0.05) is 18.9 Å². The minimum Gasteiger partial charge on any atom is -0.441 e. The maximum atomic E-state index is 12.7. The van der Waals surface area contributed by atoms with Crippen LogP contribution in [0.5, 0.6) is 0 Å². The van der Waals surface area contributed by atoms with E-state index < -0.39 is 0 Å². The van der Waals surface area contributed by atoms with Gasteiger partial charge in [0.25, 0.3) is 0 Å². The molecule has 6 heteroatoms. The van der Waals surface area contributed by atoms with Crippen LogP contribution in [0.1, 0.15) is 43.6 Å². The number of fused-ring (bicyclic) bond motifs is 1. The van der Waals surface area contributed by atoms with Crippen molar-refractivity contribution in [3.8, 4) is 11.5 Å². The van der Waals surface area contributed by atoms with E-state index in [1.54, 1.807) is 0 Å². The number of aryl methyl sites for hydroxylation is 2. The van der Waals surface area contributed by atoms with Crippen molar-refractivity contribution >= 4 is 24.0 Å². The lowest BCUT2D eigenvalue weighted by Gasteiger charge is -2.24. The molecule has 2 aliphatic rings. The Balaban J connectivity index is 0.00000196. The SMILES string of the molecule is Cc1nc(-c2cccc(NC(=O)C3CC4CCCCC4N3)c2)oc1C.Cl. The van der Waals surface area contributed by atoms with Gasteiger partial charge in [0.1, 0.15) is 5.76 Å². The first-order valence-corrected chi connectivity index (χ1v) is 9.21. The van der Waals surface area contributed by atoms with Gasteiger partial charge in [-0.2, -0.15) is 0 Å². The molecular formula is C20H26ClN3O2. The fourth-order valence-electron chi connectivity index (χ4n) is 4.08. The lowest BCUT2D eigenvalue weighted by molar-refractivity contribution is -0.117. The molecule has 0 spiro atoms. The van der Waals surface area contributed by atoms with E-state index in [0.717, 1.165) is 29.1 Å². The van der Waals surface area contributed by atoms with Crippen molar-refractivity contribution < 1.29 is 9.21 Å². The van der Waals surface area contributed by atoms with Crippen LogP contribution >= 0.6 is 12.4 Å². The number of aromatic nitrogens is 1. The van der Waals surface area contributed by atoms with Crippen molar-refractivity contribution in [1.29, 1.82) is 0 Å². The molecule has 0 radical (unpaired) electrons. The highest BCUT2D eigenvalue weighted by Gasteiger charge is 2.38. The van der Waals surface area contributed by atoms with Crippen molar-refractivity contribution in [3.05, 3.63) is 35.7 Å². The fourth-order valence-corrected chi connectivity index (χ4v) is 4.08. The number of amides is 1. The second-order valence-electron chi connectivity index (χ2n) is 7.34. The Morgan fingerprint density at radius 3 is 2.81 bits per heavy atom. The van der Waals surface area contributed by atoms with E-state index >= 15 is 0 Å². The maximum absolute atomic E-state index is 12.7. The third-order valence-corrected chi connectivity index (χ3v) is 5.58. The number of nitrogens with one attached hydrogen (secondary N) is 2. The molecule has 0 bridgehead atoms. The second-order valence-corrected chi connectivity index (χ2v) is 7.34. The lowest BCUT2D eigenvalue weighted by atomic mass is 9.85. The van der Waals surface area contributed by atoms with Gasteiger partial charge in [0.15, 0.2) is 0 Å². The zero-order chi connectivity index (χ0) is 17.4. The zero-order valence-corrected chi connectivity index (χ0v) is 16.1. The number of halogens is 1. The highest BCUT2D eigenvalue weighted by Crippen LogP contribution is 2.33. The predicted octanol–water partition coefficient (Wildman–Crippen LogP) is 4.24. The molecule has 3 atom stereocenters. The van der Waals surface area contributed by atoms with E-state index in [4.69, 9.17) is 4.42 Å². The van der Waals surface area contributed by atoms with Crippen molar-refractivity contribution in [2.75, 3.05) is 5.32 Å². The van der Waals surface area contributed by atoms with E-state index in [1.165, 1.54) is 25.7 Å². The van der Waals surface area contributed by atoms with Gasteiger partial charge in [-0.15, -0.1) is 12.4 Å². The number of hydrogen-bond donors (Lipinski definition) is 2. The van der Waals surface area contributed by atoms with Crippen LogP contribution in [0.15, 0.2) is 28.7 Å². The third kappa shape index (κ3) is 3.79. The van der Waals surface area contributed by atoms with Crippen LogP contribution in [0, 0.1) is 19.8 Å². The summed E-state index contributed by atoms with van der Waals surface area (Å²) in [5, 5.41) is 6.58. The number of anilines is 1. The smallest absolute Gasteiger partial charge is 0.241 e. The summed E-state index contributed by atoms with van der Waals surface area (Å²) in [4.78, 5) is 17.1. The normalized spacial score (nSPS) is 24.6. The van der Waals surface area contributed by atoms with Crippen LogP contribution in [0.25, 0.3) is 11.5 Å². The van der Waals surface area contributed by atoms with Gasteiger partial charge in [0, 0.05) is 17.3 Å². The highest BCUT2D eigenvalue weighted by molar-refractivity contribution is 5.95. The largest absolute Gasteiger partial charge is 0.441 e. The van der Waals surface area contributed by atoms with E-state index in [0.29, 0.717) is 17.9 Å². The minimum atomic E-state index is -0.0806. The molecule has 1 amide bonds. The summed E-state index contributed by atoms with van der Waals surface area (Å²) in [5.41, 5.74) is 2.55. The van der Waals surface area contributed by atoms with Crippen LogP contribution in [0.2, 0.25) is 0 Å². The van der Waals surface area contributed by atoms with Crippen molar-refractivity contribution in [2.45, 2.75) is 58.0 Å². The molecule has 2 aromatic rings. The Morgan fingerprint density at radius 2 is 2.08 bits per heavy atom. The molecule has 2 N–H and O–H groups in total. The zero-order valence-electron chi connectivity index (χ0n) is 15.2. The lowest BCUT2D eigenvalue weighted by Crippen LogP contribution is -2.39. The fraction of sp³-hybridized carbons (Fsp3) is 0.500. The summed E-state index contributed by atoms with van der Waals surface area (Å²) < 4.78 is 5.69. The van der Waals surface area contributed by atoms with E-state index in [2.05, 4.69) is 15.6 Å². The number of hydrogen-bond acceptors (Lipinski definition) is 4. The summed E-state index contributed by atoms with van der Waals surface area (Å²) in [6.45, 7) is 3.84. The quantitative estimate of drug-likeness (QED) is 0.842. The van der Waals surface area contributed by atoms with Crippen molar-refractivity contribution in [2.24, 2.45) is 5.92 Å². The molecule has 1 aliphatic heterocycles. The summed E-state index contributed by atoms with van der Waals surface area (Å²) in [5.74, 6) is 2.14. The molecule has 1 aromatic heterocycles. The second kappa shape index (κ2) is 7.80. The first kappa shape index (κ1) is 18.9. The summed E-state index contributed by atoms with van der Waals surface area (Å²) in [7, 11) is 0. The van der Waals surface area contributed by atoms with Gasteiger partial charge in [0.05, 0.1) is 11.7 Å². The molecule has 4 rings (SSSR count). The van der Waals surface area contributed by atoms with Crippen molar-refractivity contribution in [3.63, 3.8) is 0 Å². The van der Waals surface area contributed by atoms with Gasteiger partial charge >= 0.3 is 0 Å². The summed E-state index contributed by atoms with van der Waals surface area (Å²) >= 11 is 0. The van der Waals surface area contributed by atoms with Gasteiger partial charge < -0.3 is 15.1 Å². The predicted molar refractivity (Wildman–Crippen MR) is 105 cm³/mol. The van der Waals surface area contributed by atoms with Crippen LogP contribution in [-0.2, 0) is 4.79 Å². The number of benzene rings is 1. The monoisotopic (exact) mass is 375 g/mol. The molecular weight excluding hydrogens is 350 g/mol. The Bertz CT molecular complexity index is 756. The van der Waals surface area contributed by atoms with Crippen LogP contribution in [0.4, 0.5) is 5.69 Å².